The molecule has 0 radical (unpaired) electrons. The second-order valence-corrected chi connectivity index (χ2v) is 10.4. The van der Waals surface area contributed by atoms with E-state index in [0.29, 0.717) is 11.9 Å². The third-order valence-electron chi connectivity index (χ3n) is 7.59. The van der Waals surface area contributed by atoms with E-state index in [0.717, 1.165) is 38.1 Å². The molecule has 2 heterocycles. The Morgan fingerprint density at radius 3 is 1.88 bits per heavy atom. The number of amides is 1. The molecule has 0 bridgehead atoms. The average Bonchev–Trinajstić information content (AvgIpc) is 3.19. The molecule has 1 aromatic heterocycles. The molecule has 226 valence electrons. The number of aliphatic carboxylic acids is 2. The Balaban J connectivity index is 0.000000333. The first-order valence-electron chi connectivity index (χ1n) is 13.2. The van der Waals surface area contributed by atoms with Gasteiger partial charge in [0.25, 0.3) is 0 Å². The van der Waals surface area contributed by atoms with E-state index in [1.165, 1.54) is 57.1 Å². The van der Waals surface area contributed by atoms with Gasteiger partial charge in [0.15, 0.2) is 0 Å². The zero-order valence-electron chi connectivity index (χ0n) is 21.9. The van der Waals surface area contributed by atoms with E-state index < -0.39 is 24.3 Å². The zero-order chi connectivity index (χ0) is 30.0. The Morgan fingerprint density at radius 1 is 0.900 bits per heavy atom. The van der Waals surface area contributed by atoms with Crippen LogP contribution in [-0.2, 0) is 20.9 Å². The lowest BCUT2D eigenvalue weighted by molar-refractivity contribution is -0.193. The lowest BCUT2D eigenvalue weighted by Gasteiger charge is -2.44. The smallest absolute Gasteiger partial charge is 0.475 e. The van der Waals surface area contributed by atoms with Crippen molar-refractivity contribution in [3.05, 3.63) is 30.1 Å². The van der Waals surface area contributed by atoms with Crippen molar-refractivity contribution in [1.82, 2.24) is 15.2 Å². The first-order valence-corrected chi connectivity index (χ1v) is 13.2. The van der Waals surface area contributed by atoms with Gasteiger partial charge in [-0.25, -0.2) is 9.59 Å². The van der Waals surface area contributed by atoms with Crippen molar-refractivity contribution >= 4 is 17.8 Å². The van der Waals surface area contributed by atoms with Crippen molar-refractivity contribution in [3.63, 3.8) is 0 Å². The van der Waals surface area contributed by atoms with E-state index in [1.54, 1.807) is 0 Å². The number of alkyl halides is 6. The Morgan fingerprint density at radius 2 is 1.40 bits per heavy atom. The standard InChI is InChI=1S/C22H33N3O.2C2HF3O2/c26-21-8-13-22(25(21)17-19-9-14-23-15-10-19)11-6-20(7-12-22)24-16-18-4-2-1-3-5-18;2*3-2(4,5)1(6)7/h9-10,14-15,18,20,24H,1-8,11-13,16-17H2;2*(H,6,7). The highest BCUT2D eigenvalue weighted by Gasteiger charge is 2.47. The summed E-state index contributed by atoms with van der Waals surface area (Å²) in [6, 6.07) is 4.73. The van der Waals surface area contributed by atoms with E-state index in [4.69, 9.17) is 19.8 Å². The number of likely N-dealkylation sites (tertiary alicyclic amines) is 1. The number of halogens is 6. The minimum Gasteiger partial charge on any atom is -0.475 e. The number of carboxylic acid groups (broad SMARTS) is 2. The maximum Gasteiger partial charge on any atom is 0.490 e. The van der Waals surface area contributed by atoms with Crippen molar-refractivity contribution in [2.24, 2.45) is 5.92 Å². The van der Waals surface area contributed by atoms with Gasteiger partial charge in [-0.15, -0.1) is 0 Å². The highest BCUT2D eigenvalue weighted by atomic mass is 19.4. The second kappa shape index (κ2) is 14.6. The van der Waals surface area contributed by atoms with Crippen molar-refractivity contribution in [1.29, 1.82) is 0 Å². The van der Waals surface area contributed by atoms with E-state index in [1.807, 2.05) is 24.5 Å². The van der Waals surface area contributed by atoms with E-state index in [9.17, 15) is 31.1 Å². The normalized spacial score (nSPS) is 23.6. The predicted molar refractivity (Wildman–Crippen MR) is 131 cm³/mol. The highest BCUT2D eigenvalue weighted by Crippen LogP contribution is 2.43. The van der Waals surface area contributed by atoms with Gasteiger partial charge in [0.2, 0.25) is 5.91 Å². The fourth-order valence-electron chi connectivity index (χ4n) is 5.40. The zero-order valence-corrected chi connectivity index (χ0v) is 21.9. The quantitative estimate of drug-likeness (QED) is 0.402. The molecule has 14 heteroatoms. The molecule has 3 aliphatic rings. The summed E-state index contributed by atoms with van der Waals surface area (Å²) in [6.45, 7) is 1.96. The summed E-state index contributed by atoms with van der Waals surface area (Å²) in [7, 11) is 0. The third-order valence-corrected chi connectivity index (χ3v) is 7.59. The summed E-state index contributed by atoms with van der Waals surface area (Å²) in [4.78, 5) is 36.6. The van der Waals surface area contributed by atoms with Crippen LogP contribution in [-0.4, -0.2) is 68.4 Å². The van der Waals surface area contributed by atoms with Crippen LogP contribution in [0.2, 0.25) is 0 Å². The molecule has 2 saturated carbocycles. The molecule has 0 atom stereocenters. The summed E-state index contributed by atoms with van der Waals surface area (Å²) in [5, 5.41) is 18.1. The second-order valence-electron chi connectivity index (χ2n) is 10.4. The molecule has 0 unspecified atom stereocenters. The molecule has 1 amide bonds. The van der Waals surface area contributed by atoms with Crippen molar-refractivity contribution < 1.29 is 50.9 Å². The van der Waals surface area contributed by atoms with Crippen molar-refractivity contribution in [2.45, 2.75) is 101 Å². The molecule has 3 fully saturated rings. The van der Waals surface area contributed by atoms with Crippen LogP contribution in [0.5, 0.6) is 0 Å². The molecular formula is C26H35F6N3O5. The Hall–Kier alpha value is -2.90. The number of carboxylic acids is 2. The highest BCUT2D eigenvalue weighted by molar-refractivity contribution is 5.79. The minimum atomic E-state index is -5.08. The van der Waals surface area contributed by atoms with Crippen LogP contribution < -0.4 is 5.32 Å². The maximum absolute atomic E-state index is 12.6. The van der Waals surface area contributed by atoms with Crippen LogP contribution in [0.25, 0.3) is 0 Å². The van der Waals surface area contributed by atoms with Gasteiger partial charge in [-0.3, -0.25) is 9.78 Å². The average molecular weight is 584 g/mol. The van der Waals surface area contributed by atoms with Crippen LogP contribution in [0, 0.1) is 5.92 Å². The number of aromatic nitrogens is 1. The lowest BCUT2D eigenvalue weighted by atomic mass is 9.77. The third kappa shape index (κ3) is 10.6. The number of carbonyl (C=O) groups excluding carboxylic acids is 1. The molecule has 0 aromatic carbocycles. The number of hydrogen-bond acceptors (Lipinski definition) is 5. The first kappa shape index (κ1) is 33.3. The number of nitrogens with zero attached hydrogens (tertiary/aromatic N) is 2. The fraction of sp³-hybridized carbons (Fsp3) is 0.692. The van der Waals surface area contributed by atoms with Gasteiger partial charge in [0.05, 0.1) is 0 Å². The van der Waals surface area contributed by atoms with Gasteiger partial charge in [-0.1, -0.05) is 19.3 Å². The molecule has 1 spiro atoms. The van der Waals surface area contributed by atoms with Gasteiger partial charge >= 0.3 is 24.3 Å². The number of hydrogen-bond donors (Lipinski definition) is 3. The van der Waals surface area contributed by atoms with Gasteiger partial charge in [-0.2, -0.15) is 26.3 Å². The maximum atomic E-state index is 12.6. The molecule has 40 heavy (non-hydrogen) atoms. The van der Waals surface area contributed by atoms with Crippen LogP contribution in [0.3, 0.4) is 0 Å². The number of rotatable bonds is 5. The van der Waals surface area contributed by atoms with Crippen LogP contribution in [0.15, 0.2) is 24.5 Å². The predicted octanol–water partition coefficient (Wildman–Crippen LogP) is 5.32. The van der Waals surface area contributed by atoms with Gasteiger partial charge in [0, 0.05) is 36.9 Å². The van der Waals surface area contributed by atoms with Crippen LogP contribution >= 0.6 is 0 Å². The van der Waals surface area contributed by atoms with Crippen molar-refractivity contribution in [2.75, 3.05) is 6.54 Å². The van der Waals surface area contributed by atoms with E-state index in [-0.39, 0.29) is 5.54 Å². The van der Waals surface area contributed by atoms with Gasteiger partial charge in [-0.05, 0) is 75.1 Å². The summed E-state index contributed by atoms with van der Waals surface area (Å²) < 4.78 is 63.5. The monoisotopic (exact) mass is 583 g/mol. The topological polar surface area (TPSA) is 120 Å². The van der Waals surface area contributed by atoms with E-state index >= 15 is 0 Å². The molecule has 1 saturated heterocycles. The van der Waals surface area contributed by atoms with Crippen molar-refractivity contribution in [3.8, 4) is 0 Å². The van der Waals surface area contributed by atoms with Gasteiger partial charge < -0.3 is 20.4 Å². The summed E-state index contributed by atoms with van der Waals surface area (Å²) in [5.74, 6) is -4.27. The largest absolute Gasteiger partial charge is 0.490 e. The Labute approximate surface area is 228 Å². The first-order chi connectivity index (χ1) is 18.6. The summed E-state index contributed by atoms with van der Waals surface area (Å²) >= 11 is 0. The molecule has 8 nitrogen and oxygen atoms in total. The Bertz CT molecular complexity index is 936. The van der Waals surface area contributed by atoms with Crippen LogP contribution in [0.4, 0.5) is 26.3 Å². The lowest BCUT2D eigenvalue weighted by Crippen LogP contribution is -2.50. The summed E-state index contributed by atoms with van der Waals surface area (Å²) in [5.41, 5.74) is 1.32. The van der Waals surface area contributed by atoms with Gasteiger partial charge in [0.1, 0.15) is 0 Å². The minimum absolute atomic E-state index is 0.114. The molecule has 1 aromatic rings. The molecule has 4 rings (SSSR count). The van der Waals surface area contributed by atoms with Crippen LogP contribution in [0.1, 0.15) is 76.2 Å². The summed E-state index contributed by atoms with van der Waals surface area (Å²) in [6.07, 6.45) is 7.12. The molecule has 3 N–H and O–H groups in total. The fourth-order valence-corrected chi connectivity index (χ4v) is 5.40. The number of pyridine rings is 1. The molecular weight excluding hydrogens is 548 g/mol. The Kier molecular flexibility index (Phi) is 12.2. The number of carbonyl (C=O) groups is 3. The van der Waals surface area contributed by atoms with E-state index in [2.05, 4.69) is 15.2 Å². The molecule has 2 aliphatic carbocycles. The number of nitrogens with one attached hydrogen (secondary N) is 1. The molecule has 1 aliphatic heterocycles. The SMILES string of the molecule is O=C(O)C(F)(F)F.O=C(O)C(F)(F)F.O=C1CCC2(CCC(NCC3CCCCC3)CC2)N1Cc1ccncc1.